The molecule has 0 saturated carbocycles. The van der Waals surface area contributed by atoms with E-state index in [1.165, 1.54) is 5.69 Å². The number of piperidine rings is 1. The molecule has 5 heteroatoms. The number of nitrogens with zero attached hydrogens (tertiary/aromatic N) is 3. The lowest BCUT2D eigenvalue weighted by molar-refractivity contribution is -0.132. The Morgan fingerprint density at radius 3 is 3.00 bits per heavy atom. The maximum absolute atomic E-state index is 11.4. The second-order valence-electron chi connectivity index (χ2n) is 5.28. The van der Waals surface area contributed by atoms with E-state index in [9.17, 15) is 4.79 Å². The average Bonchev–Trinajstić information content (AvgIpc) is 2.79. The highest BCUT2D eigenvalue weighted by molar-refractivity contribution is 5.76. The van der Waals surface area contributed by atoms with Gasteiger partial charge in [-0.05, 0) is 20.3 Å². The van der Waals surface area contributed by atoms with Gasteiger partial charge in [0.25, 0.3) is 0 Å². The van der Waals surface area contributed by atoms with Crippen LogP contribution in [0.3, 0.4) is 0 Å². The molecule has 1 amide bonds. The van der Waals surface area contributed by atoms with Crippen molar-refractivity contribution in [3.8, 4) is 0 Å². The SMILES string of the molecule is CC(C)n1cncc1CNC1CCC(=O)N(C)C1. The van der Waals surface area contributed by atoms with Crippen molar-refractivity contribution in [2.45, 2.75) is 45.3 Å². The number of hydrogen-bond donors (Lipinski definition) is 1. The number of rotatable bonds is 4. The lowest BCUT2D eigenvalue weighted by Gasteiger charge is -2.30. The summed E-state index contributed by atoms with van der Waals surface area (Å²) in [5.74, 6) is 0.250. The normalized spacial score (nSPS) is 20.8. The van der Waals surface area contributed by atoms with Crippen LogP contribution < -0.4 is 5.32 Å². The fourth-order valence-electron chi connectivity index (χ4n) is 2.36. The molecule has 1 unspecified atom stereocenters. The van der Waals surface area contributed by atoms with Crippen molar-refractivity contribution in [3.63, 3.8) is 0 Å². The Hall–Kier alpha value is -1.36. The third kappa shape index (κ3) is 2.90. The average molecular weight is 250 g/mol. The summed E-state index contributed by atoms with van der Waals surface area (Å²) >= 11 is 0. The number of likely N-dealkylation sites (tertiary alicyclic amines) is 1. The molecule has 100 valence electrons. The number of imidazole rings is 1. The van der Waals surface area contributed by atoms with Gasteiger partial charge in [-0.2, -0.15) is 0 Å². The minimum absolute atomic E-state index is 0.250. The van der Waals surface area contributed by atoms with Crippen LogP contribution in [0.4, 0.5) is 0 Å². The second-order valence-corrected chi connectivity index (χ2v) is 5.28. The molecule has 0 bridgehead atoms. The molecule has 0 aliphatic carbocycles. The third-order valence-electron chi connectivity index (χ3n) is 3.50. The number of amides is 1. The van der Waals surface area contributed by atoms with Crippen molar-refractivity contribution in [3.05, 3.63) is 18.2 Å². The molecule has 1 aliphatic heterocycles. The van der Waals surface area contributed by atoms with Crippen molar-refractivity contribution in [1.82, 2.24) is 19.8 Å². The molecule has 0 radical (unpaired) electrons. The summed E-state index contributed by atoms with van der Waals surface area (Å²) in [5.41, 5.74) is 1.20. The highest BCUT2D eigenvalue weighted by Crippen LogP contribution is 2.12. The molecule has 0 aromatic carbocycles. The van der Waals surface area contributed by atoms with E-state index in [1.807, 2.05) is 19.6 Å². The first-order valence-electron chi connectivity index (χ1n) is 6.56. The van der Waals surface area contributed by atoms with Crippen LogP contribution in [0.25, 0.3) is 0 Å². The Labute approximate surface area is 108 Å². The summed E-state index contributed by atoms with van der Waals surface area (Å²) < 4.78 is 2.17. The van der Waals surface area contributed by atoms with Gasteiger partial charge in [0.2, 0.25) is 5.91 Å². The van der Waals surface area contributed by atoms with Crippen LogP contribution in [0.5, 0.6) is 0 Å². The molecule has 1 aliphatic rings. The van der Waals surface area contributed by atoms with Crippen molar-refractivity contribution in [1.29, 1.82) is 0 Å². The number of nitrogens with one attached hydrogen (secondary N) is 1. The molecule has 1 fully saturated rings. The van der Waals surface area contributed by atoms with Crippen molar-refractivity contribution in [2.24, 2.45) is 0 Å². The van der Waals surface area contributed by atoms with Gasteiger partial charge >= 0.3 is 0 Å². The molecule has 2 rings (SSSR count). The lowest BCUT2D eigenvalue weighted by Crippen LogP contribution is -2.46. The van der Waals surface area contributed by atoms with Crippen LogP contribution in [-0.2, 0) is 11.3 Å². The topological polar surface area (TPSA) is 50.2 Å². The molecule has 5 nitrogen and oxygen atoms in total. The predicted molar refractivity (Wildman–Crippen MR) is 70.1 cm³/mol. The van der Waals surface area contributed by atoms with Crippen molar-refractivity contribution >= 4 is 5.91 Å². The molecule has 0 spiro atoms. The molecule has 2 heterocycles. The monoisotopic (exact) mass is 250 g/mol. The highest BCUT2D eigenvalue weighted by atomic mass is 16.2. The maximum atomic E-state index is 11.4. The summed E-state index contributed by atoms with van der Waals surface area (Å²) in [7, 11) is 1.87. The molecule has 1 atom stereocenters. The quantitative estimate of drug-likeness (QED) is 0.873. The number of carbonyl (C=O) groups excluding carboxylic acids is 1. The van der Waals surface area contributed by atoms with Gasteiger partial charge in [0.15, 0.2) is 0 Å². The number of hydrogen-bond acceptors (Lipinski definition) is 3. The maximum Gasteiger partial charge on any atom is 0.222 e. The van der Waals surface area contributed by atoms with Crippen LogP contribution in [0, 0.1) is 0 Å². The van der Waals surface area contributed by atoms with E-state index < -0.39 is 0 Å². The summed E-state index contributed by atoms with van der Waals surface area (Å²) in [6.45, 7) is 5.91. The summed E-state index contributed by atoms with van der Waals surface area (Å²) in [6, 6.07) is 0.822. The predicted octanol–water partition coefficient (Wildman–Crippen LogP) is 1.17. The Balaban J connectivity index is 1.88. The number of aromatic nitrogens is 2. The Kier molecular flexibility index (Phi) is 4.01. The Morgan fingerprint density at radius 2 is 2.33 bits per heavy atom. The minimum Gasteiger partial charge on any atom is -0.344 e. The summed E-state index contributed by atoms with van der Waals surface area (Å²) in [5, 5.41) is 3.52. The van der Waals surface area contributed by atoms with Gasteiger partial charge < -0.3 is 14.8 Å². The van der Waals surface area contributed by atoms with Gasteiger partial charge in [-0.15, -0.1) is 0 Å². The summed E-state index contributed by atoms with van der Waals surface area (Å²) in [4.78, 5) is 17.4. The van der Waals surface area contributed by atoms with Crippen molar-refractivity contribution < 1.29 is 4.79 Å². The van der Waals surface area contributed by atoms with Crippen LogP contribution >= 0.6 is 0 Å². The van der Waals surface area contributed by atoms with E-state index in [2.05, 4.69) is 28.7 Å². The largest absolute Gasteiger partial charge is 0.344 e. The van der Waals surface area contributed by atoms with Crippen LogP contribution in [0.2, 0.25) is 0 Å². The zero-order valence-electron chi connectivity index (χ0n) is 11.4. The second kappa shape index (κ2) is 5.52. The van der Waals surface area contributed by atoms with E-state index in [0.29, 0.717) is 18.5 Å². The molecule has 1 N–H and O–H groups in total. The first-order valence-corrected chi connectivity index (χ1v) is 6.56. The van der Waals surface area contributed by atoms with Gasteiger partial charge in [-0.1, -0.05) is 0 Å². The molecular weight excluding hydrogens is 228 g/mol. The molecule has 1 saturated heterocycles. The van der Waals surface area contributed by atoms with Gasteiger partial charge in [0.1, 0.15) is 0 Å². The zero-order valence-corrected chi connectivity index (χ0v) is 11.4. The van der Waals surface area contributed by atoms with E-state index >= 15 is 0 Å². The molecule has 1 aromatic heterocycles. The van der Waals surface area contributed by atoms with Crippen LogP contribution in [-0.4, -0.2) is 40.0 Å². The van der Waals surface area contributed by atoms with Gasteiger partial charge in [-0.25, -0.2) is 4.98 Å². The number of likely N-dealkylation sites (N-methyl/N-ethyl adjacent to an activating group) is 1. The Bertz CT molecular complexity index is 413. The number of carbonyl (C=O) groups is 1. The van der Waals surface area contributed by atoms with E-state index in [0.717, 1.165) is 19.5 Å². The van der Waals surface area contributed by atoms with Crippen LogP contribution in [0.1, 0.15) is 38.4 Å². The molecule has 1 aromatic rings. The fraction of sp³-hybridized carbons (Fsp3) is 0.692. The van der Waals surface area contributed by atoms with E-state index in [4.69, 9.17) is 0 Å². The molecule has 18 heavy (non-hydrogen) atoms. The smallest absolute Gasteiger partial charge is 0.222 e. The van der Waals surface area contributed by atoms with Crippen molar-refractivity contribution in [2.75, 3.05) is 13.6 Å². The van der Waals surface area contributed by atoms with Gasteiger partial charge in [-0.3, -0.25) is 4.79 Å². The minimum atomic E-state index is 0.250. The lowest BCUT2D eigenvalue weighted by atomic mass is 10.1. The highest BCUT2D eigenvalue weighted by Gasteiger charge is 2.22. The van der Waals surface area contributed by atoms with Gasteiger partial charge in [0.05, 0.1) is 12.0 Å². The van der Waals surface area contributed by atoms with Gasteiger partial charge in [0, 0.05) is 44.8 Å². The first kappa shape index (κ1) is 13.1. The molecular formula is C13H22N4O. The summed E-state index contributed by atoms with van der Waals surface area (Å²) in [6.07, 6.45) is 5.36. The first-order chi connectivity index (χ1) is 8.58. The van der Waals surface area contributed by atoms with Crippen LogP contribution in [0.15, 0.2) is 12.5 Å². The third-order valence-corrected chi connectivity index (χ3v) is 3.50. The zero-order chi connectivity index (χ0) is 13.1. The van der Waals surface area contributed by atoms with E-state index in [-0.39, 0.29) is 5.91 Å². The fourth-order valence-corrected chi connectivity index (χ4v) is 2.36. The standard InChI is InChI=1S/C13H22N4O/c1-10(2)17-9-14-6-12(17)7-15-11-4-5-13(18)16(3)8-11/h6,9-11,15H,4-5,7-8H2,1-3H3. The van der Waals surface area contributed by atoms with E-state index in [1.54, 1.807) is 4.90 Å². The Morgan fingerprint density at radius 1 is 1.56 bits per heavy atom.